The van der Waals surface area contributed by atoms with E-state index in [2.05, 4.69) is 31.0 Å². The molecule has 1 fully saturated rings. The van der Waals surface area contributed by atoms with Crippen LogP contribution in [0.15, 0.2) is 11.6 Å². The third kappa shape index (κ3) is 8.33. The zero-order valence-electron chi connectivity index (χ0n) is 24.2. The summed E-state index contributed by atoms with van der Waals surface area (Å²) >= 11 is 0. The normalized spacial score (nSPS) is 19.8. The zero-order valence-corrected chi connectivity index (χ0v) is 24.2. The van der Waals surface area contributed by atoms with E-state index in [4.69, 9.17) is 4.74 Å². The monoisotopic (exact) mass is 493 g/mol. The van der Waals surface area contributed by atoms with Gasteiger partial charge in [-0.1, -0.05) is 54.0 Å². The predicted molar refractivity (Wildman–Crippen MR) is 142 cm³/mol. The minimum atomic E-state index is -0.689. The van der Waals surface area contributed by atoms with E-state index >= 15 is 0 Å². The maximum absolute atomic E-state index is 13.8. The summed E-state index contributed by atoms with van der Waals surface area (Å²) in [6.45, 7) is 21.1. The molecule has 0 radical (unpaired) electrons. The molecule has 1 saturated heterocycles. The fraction of sp³-hybridized carbons (Fsp3) is 0.821. The van der Waals surface area contributed by atoms with Gasteiger partial charge >= 0.3 is 5.97 Å². The van der Waals surface area contributed by atoms with E-state index in [0.29, 0.717) is 12.2 Å². The molecule has 7 heteroatoms. The Morgan fingerprint density at radius 1 is 1.11 bits per heavy atom. The van der Waals surface area contributed by atoms with Gasteiger partial charge in [0.05, 0.1) is 18.7 Å². The average Bonchev–Trinajstić information content (AvgIpc) is 2.78. The third-order valence-corrected chi connectivity index (χ3v) is 7.34. The van der Waals surface area contributed by atoms with Crippen LogP contribution in [0.3, 0.4) is 0 Å². The molecule has 0 aromatic heterocycles. The van der Waals surface area contributed by atoms with Crippen molar-refractivity contribution in [1.82, 2.24) is 15.1 Å². The van der Waals surface area contributed by atoms with Crippen LogP contribution in [0.2, 0.25) is 0 Å². The van der Waals surface area contributed by atoms with Crippen molar-refractivity contribution in [1.29, 1.82) is 0 Å². The fourth-order valence-electron chi connectivity index (χ4n) is 4.69. The van der Waals surface area contributed by atoms with E-state index in [-0.39, 0.29) is 41.3 Å². The molecule has 0 saturated carbocycles. The van der Waals surface area contributed by atoms with E-state index in [1.54, 1.807) is 31.9 Å². The zero-order chi connectivity index (χ0) is 27.1. The first-order valence-electron chi connectivity index (χ1n) is 13.3. The molecule has 1 rings (SSSR count). The van der Waals surface area contributed by atoms with Gasteiger partial charge in [-0.3, -0.25) is 14.5 Å². The Balaban J connectivity index is 3.21. The van der Waals surface area contributed by atoms with Crippen molar-refractivity contribution < 1.29 is 19.1 Å². The van der Waals surface area contributed by atoms with Gasteiger partial charge in [-0.25, -0.2) is 4.79 Å². The van der Waals surface area contributed by atoms with Crippen LogP contribution >= 0.6 is 0 Å². The van der Waals surface area contributed by atoms with Crippen LogP contribution in [0, 0.1) is 11.3 Å². The van der Waals surface area contributed by atoms with Crippen molar-refractivity contribution in [2.24, 2.45) is 11.3 Å². The molecule has 0 bridgehead atoms. The van der Waals surface area contributed by atoms with Crippen molar-refractivity contribution in [2.75, 3.05) is 20.2 Å². The molecule has 0 aliphatic carbocycles. The second kappa shape index (κ2) is 12.9. The van der Waals surface area contributed by atoms with Crippen molar-refractivity contribution in [3.05, 3.63) is 11.6 Å². The van der Waals surface area contributed by atoms with E-state index < -0.39 is 11.5 Å². The second-order valence-electron chi connectivity index (χ2n) is 11.9. The lowest BCUT2D eigenvalue weighted by Gasteiger charge is -2.46. The maximum atomic E-state index is 13.8. The molecule has 35 heavy (non-hydrogen) atoms. The highest BCUT2D eigenvalue weighted by Crippen LogP contribution is 2.30. The maximum Gasteiger partial charge on any atom is 0.333 e. The molecular weight excluding hydrogens is 442 g/mol. The summed E-state index contributed by atoms with van der Waals surface area (Å²) in [5.41, 5.74) is -0.0953. The molecule has 0 spiro atoms. The van der Waals surface area contributed by atoms with E-state index in [0.717, 1.165) is 32.2 Å². The van der Waals surface area contributed by atoms with Gasteiger partial charge in [0.1, 0.15) is 6.04 Å². The molecular formula is C28H51N3O4. The Bertz CT molecular complexity index is 767. The smallest absolute Gasteiger partial charge is 0.333 e. The van der Waals surface area contributed by atoms with Crippen LogP contribution in [0.1, 0.15) is 94.9 Å². The first-order valence-corrected chi connectivity index (χ1v) is 13.3. The SMILES string of the molecule is CCOC(=O)/C(C)=C/[C@H](C(C)C)N(C)C(=O)[C@@H](NC(=O)[C@H]1CCCCN1C(C)(C)CC)C(C)(C)C. The summed E-state index contributed by atoms with van der Waals surface area (Å²) in [6, 6.07) is -1.24. The number of likely N-dealkylation sites (tertiary alicyclic amines) is 1. The van der Waals surface area contributed by atoms with Crippen LogP contribution in [0.4, 0.5) is 0 Å². The number of esters is 1. The van der Waals surface area contributed by atoms with Crippen LogP contribution in [-0.2, 0) is 19.1 Å². The summed E-state index contributed by atoms with van der Waals surface area (Å²) in [5.74, 6) is -0.541. The van der Waals surface area contributed by atoms with E-state index in [1.807, 2.05) is 34.6 Å². The lowest BCUT2D eigenvalue weighted by atomic mass is 9.84. The van der Waals surface area contributed by atoms with Crippen molar-refractivity contribution in [3.63, 3.8) is 0 Å². The summed E-state index contributed by atoms with van der Waals surface area (Å²) in [6.07, 6.45) is 5.64. The third-order valence-electron chi connectivity index (χ3n) is 7.34. The number of ether oxygens (including phenoxy) is 1. The molecule has 1 aliphatic rings. The summed E-state index contributed by atoms with van der Waals surface area (Å²) < 4.78 is 5.12. The van der Waals surface area contributed by atoms with Crippen molar-refractivity contribution in [2.45, 2.75) is 119 Å². The first kappa shape index (κ1) is 31.1. The number of carbonyl (C=O) groups is 3. The van der Waals surface area contributed by atoms with Crippen molar-refractivity contribution in [3.8, 4) is 0 Å². The molecule has 0 aromatic carbocycles. The van der Waals surface area contributed by atoms with Gasteiger partial charge in [-0.15, -0.1) is 0 Å². The predicted octanol–water partition coefficient (Wildman–Crippen LogP) is 4.55. The Morgan fingerprint density at radius 3 is 2.20 bits per heavy atom. The summed E-state index contributed by atoms with van der Waals surface area (Å²) in [4.78, 5) is 43.6. The molecule has 1 heterocycles. The number of nitrogens with one attached hydrogen (secondary N) is 1. The van der Waals surface area contributed by atoms with Gasteiger partial charge in [-0.2, -0.15) is 0 Å². The van der Waals surface area contributed by atoms with Crippen LogP contribution in [0.5, 0.6) is 0 Å². The number of likely N-dealkylation sites (N-methyl/N-ethyl adjacent to an activating group) is 1. The molecule has 1 aliphatic heterocycles. The standard InChI is InChI=1S/C28H51N3O4/c1-12-28(9,10)31-17-15-14-16-21(31)24(32)29-23(27(6,7)8)25(33)30(11)22(19(3)4)18-20(5)26(34)35-13-2/h18-19,21-23H,12-17H2,1-11H3,(H,29,32)/b20-18+/t21-,22-,23-/m1/s1. The lowest BCUT2D eigenvalue weighted by Crippen LogP contribution is -2.62. The molecule has 3 atom stereocenters. The largest absolute Gasteiger partial charge is 0.463 e. The van der Waals surface area contributed by atoms with Gasteiger partial charge in [0.2, 0.25) is 11.8 Å². The number of piperidine rings is 1. The lowest BCUT2D eigenvalue weighted by molar-refractivity contribution is -0.143. The second-order valence-corrected chi connectivity index (χ2v) is 11.9. The Kier molecular flexibility index (Phi) is 11.5. The highest BCUT2D eigenvalue weighted by atomic mass is 16.5. The molecule has 0 unspecified atom stereocenters. The van der Waals surface area contributed by atoms with Gasteiger partial charge in [0.15, 0.2) is 0 Å². The Morgan fingerprint density at radius 2 is 1.71 bits per heavy atom. The highest BCUT2D eigenvalue weighted by Gasteiger charge is 2.41. The van der Waals surface area contributed by atoms with Crippen LogP contribution in [0.25, 0.3) is 0 Å². The van der Waals surface area contributed by atoms with Gasteiger partial charge < -0.3 is 15.0 Å². The van der Waals surface area contributed by atoms with Gasteiger partial charge in [0, 0.05) is 18.2 Å². The number of carbonyl (C=O) groups excluding carboxylic acids is 3. The summed E-state index contributed by atoms with van der Waals surface area (Å²) in [5, 5.41) is 3.14. The van der Waals surface area contributed by atoms with Gasteiger partial charge in [0.25, 0.3) is 0 Å². The van der Waals surface area contributed by atoms with E-state index in [1.165, 1.54) is 0 Å². The first-order chi connectivity index (χ1) is 16.1. The number of amides is 2. The molecule has 2 amide bonds. The molecule has 0 aromatic rings. The highest BCUT2D eigenvalue weighted by molar-refractivity contribution is 5.91. The fourth-order valence-corrected chi connectivity index (χ4v) is 4.69. The van der Waals surface area contributed by atoms with Crippen molar-refractivity contribution >= 4 is 17.8 Å². The van der Waals surface area contributed by atoms with E-state index in [9.17, 15) is 14.4 Å². The van der Waals surface area contributed by atoms with Gasteiger partial charge in [-0.05, 0) is 64.8 Å². The average molecular weight is 494 g/mol. The summed E-state index contributed by atoms with van der Waals surface area (Å²) in [7, 11) is 1.75. The number of hydrogen-bond acceptors (Lipinski definition) is 5. The molecule has 1 N–H and O–H groups in total. The minimum Gasteiger partial charge on any atom is -0.463 e. The Hall–Kier alpha value is -1.89. The van der Waals surface area contributed by atoms with Crippen LogP contribution < -0.4 is 5.32 Å². The molecule has 202 valence electrons. The Labute approximate surface area is 214 Å². The molecule has 7 nitrogen and oxygen atoms in total. The minimum absolute atomic E-state index is 0.0730. The number of nitrogens with zero attached hydrogens (tertiary/aromatic N) is 2. The topological polar surface area (TPSA) is 79.0 Å². The number of hydrogen-bond donors (Lipinski definition) is 1. The van der Waals surface area contributed by atoms with Crippen LogP contribution in [-0.4, -0.2) is 71.4 Å². The quantitative estimate of drug-likeness (QED) is 0.357. The number of rotatable bonds is 10.